The minimum atomic E-state index is -0.384. The monoisotopic (exact) mass is 417 g/mol. The molecule has 1 aliphatic heterocycles. The number of amides is 1. The molecule has 0 aliphatic carbocycles. The van der Waals surface area contributed by atoms with Gasteiger partial charge >= 0.3 is 0 Å². The largest absolute Gasteiger partial charge is 0.393 e. The van der Waals surface area contributed by atoms with Crippen LogP contribution in [0.4, 0.5) is 17.3 Å². The SMILES string of the molecule is CC1(C)CC(Nc2ncnc(NNC(=O)c3ccccc3Cl)c2N)CC(C)(C)N1. The van der Waals surface area contributed by atoms with Crippen molar-refractivity contribution in [3.05, 3.63) is 41.2 Å². The van der Waals surface area contributed by atoms with Gasteiger partial charge in [0.2, 0.25) is 0 Å². The van der Waals surface area contributed by atoms with Crippen LogP contribution in [-0.4, -0.2) is 33.0 Å². The molecular weight excluding hydrogens is 390 g/mol. The van der Waals surface area contributed by atoms with Crippen molar-refractivity contribution in [1.82, 2.24) is 20.7 Å². The lowest BCUT2D eigenvalue weighted by Gasteiger charge is -2.46. The molecule has 1 fully saturated rings. The number of halogens is 1. The average Bonchev–Trinajstić information content (AvgIpc) is 2.60. The fourth-order valence-corrected chi connectivity index (χ4v) is 4.28. The number of carbonyl (C=O) groups is 1. The molecule has 1 aromatic carbocycles. The van der Waals surface area contributed by atoms with Crippen LogP contribution in [0.15, 0.2) is 30.6 Å². The highest BCUT2D eigenvalue weighted by Crippen LogP contribution is 2.32. The van der Waals surface area contributed by atoms with Crippen molar-refractivity contribution in [2.24, 2.45) is 0 Å². The zero-order valence-corrected chi connectivity index (χ0v) is 17.9. The van der Waals surface area contributed by atoms with E-state index >= 15 is 0 Å². The van der Waals surface area contributed by atoms with Crippen LogP contribution in [0.5, 0.6) is 0 Å². The zero-order valence-electron chi connectivity index (χ0n) is 17.1. The van der Waals surface area contributed by atoms with Gasteiger partial charge in [-0.05, 0) is 52.7 Å². The average molecular weight is 418 g/mol. The van der Waals surface area contributed by atoms with E-state index in [0.717, 1.165) is 12.8 Å². The second-order valence-electron chi connectivity index (χ2n) is 8.69. The molecule has 8 nitrogen and oxygen atoms in total. The van der Waals surface area contributed by atoms with Gasteiger partial charge in [-0.2, -0.15) is 0 Å². The molecule has 0 spiro atoms. The first-order chi connectivity index (χ1) is 13.6. The molecule has 1 amide bonds. The maximum atomic E-state index is 12.3. The molecule has 2 aromatic rings. The normalized spacial score (nSPS) is 18.1. The van der Waals surface area contributed by atoms with E-state index in [2.05, 4.69) is 59.1 Å². The summed E-state index contributed by atoms with van der Waals surface area (Å²) in [6.07, 6.45) is 3.25. The van der Waals surface area contributed by atoms with Crippen LogP contribution in [0.1, 0.15) is 50.9 Å². The molecule has 156 valence electrons. The lowest BCUT2D eigenvalue weighted by Crippen LogP contribution is -2.60. The molecule has 6 N–H and O–H groups in total. The van der Waals surface area contributed by atoms with E-state index in [1.54, 1.807) is 24.3 Å². The Bertz CT molecular complexity index is 884. The van der Waals surface area contributed by atoms with Gasteiger partial charge in [0.15, 0.2) is 11.6 Å². The highest BCUT2D eigenvalue weighted by atomic mass is 35.5. The summed E-state index contributed by atoms with van der Waals surface area (Å²) in [6.45, 7) is 8.73. The van der Waals surface area contributed by atoms with Crippen LogP contribution >= 0.6 is 11.6 Å². The number of nitrogens with one attached hydrogen (secondary N) is 4. The Morgan fingerprint density at radius 1 is 1.14 bits per heavy atom. The summed E-state index contributed by atoms with van der Waals surface area (Å²) in [5.41, 5.74) is 12.3. The van der Waals surface area contributed by atoms with Gasteiger partial charge in [0.25, 0.3) is 5.91 Å². The smallest absolute Gasteiger partial charge is 0.271 e. The van der Waals surface area contributed by atoms with E-state index in [1.807, 2.05) is 0 Å². The van der Waals surface area contributed by atoms with Crippen molar-refractivity contribution >= 4 is 34.8 Å². The third kappa shape index (κ3) is 5.27. The Hall–Kier alpha value is -2.58. The predicted octanol–water partition coefficient (Wildman–Crippen LogP) is 3.19. The molecular formula is C20H28ClN7O. The number of nitrogen functional groups attached to an aromatic ring is 1. The van der Waals surface area contributed by atoms with E-state index in [9.17, 15) is 4.79 Å². The van der Waals surface area contributed by atoms with E-state index in [1.165, 1.54) is 6.33 Å². The minimum Gasteiger partial charge on any atom is -0.393 e. The number of hydrogen-bond acceptors (Lipinski definition) is 7. The van der Waals surface area contributed by atoms with Crippen molar-refractivity contribution in [3.63, 3.8) is 0 Å². The number of hydrazine groups is 1. The van der Waals surface area contributed by atoms with Crippen LogP contribution in [0, 0.1) is 0 Å². The molecule has 1 saturated heterocycles. The molecule has 29 heavy (non-hydrogen) atoms. The van der Waals surface area contributed by atoms with Gasteiger partial charge in [-0.25, -0.2) is 9.97 Å². The Kier molecular flexibility index (Phi) is 5.86. The Morgan fingerprint density at radius 3 is 2.41 bits per heavy atom. The highest BCUT2D eigenvalue weighted by Gasteiger charge is 2.37. The first-order valence-electron chi connectivity index (χ1n) is 9.54. The minimum absolute atomic E-state index is 0.00871. The van der Waals surface area contributed by atoms with Crippen LogP contribution in [0.3, 0.4) is 0 Å². The summed E-state index contributed by atoms with van der Waals surface area (Å²) >= 11 is 6.06. The topological polar surface area (TPSA) is 117 Å². The fourth-order valence-electron chi connectivity index (χ4n) is 4.06. The zero-order chi connectivity index (χ0) is 21.2. The van der Waals surface area contributed by atoms with Crippen molar-refractivity contribution < 1.29 is 4.79 Å². The van der Waals surface area contributed by atoms with Gasteiger partial charge in [-0.3, -0.25) is 15.6 Å². The standard InChI is InChI=1S/C20H28ClN7O/c1-19(2)9-12(10-20(3,4)28-19)25-16-15(22)17(24-11-23-16)26-27-18(29)13-7-5-6-8-14(13)21/h5-8,11-12,28H,9-10,22H2,1-4H3,(H,27,29)(H2,23,24,25,26). The van der Waals surface area contributed by atoms with Gasteiger partial charge < -0.3 is 16.4 Å². The van der Waals surface area contributed by atoms with Crippen molar-refractivity contribution in [2.45, 2.75) is 57.7 Å². The second kappa shape index (κ2) is 8.04. The van der Waals surface area contributed by atoms with Crippen LogP contribution in [-0.2, 0) is 0 Å². The molecule has 1 aromatic heterocycles. The van der Waals surface area contributed by atoms with Crippen molar-refractivity contribution in [1.29, 1.82) is 0 Å². The molecule has 0 unspecified atom stereocenters. The molecule has 3 rings (SSSR count). The number of hydrogen-bond donors (Lipinski definition) is 5. The number of carbonyl (C=O) groups excluding carboxylic acids is 1. The number of nitrogens with zero attached hydrogens (tertiary/aromatic N) is 2. The number of nitrogens with two attached hydrogens (primary N) is 1. The summed E-state index contributed by atoms with van der Waals surface area (Å²) in [7, 11) is 0. The molecule has 0 saturated carbocycles. The van der Waals surface area contributed by atoms with E-state index in [-0.39, 0.29) is 23.0 Å². The number of aromatic nitrogens is 2. The van der Waals surface area contributed by atoms with Crippen molar-refractivity contribution in [3.8, 4) is 0 Å². The predicted molar refractivity (Wildman–Crippen MR) is 117 cm³/mol. The van der Waals surface area contributed by atoms with E-state index in [4.69, 9.17) is 17.3 Å². The quantitative estimate of drug-likeness (QED) is 0.474. The molecule has 0 radical (unpaired) electrons. The van der Waals surface area contributed by atoms with Gasteiger partial charge in [0, 0.05) is 17.1 Å². The van der Waals surface area contributed by atoms with Crippen LogP contribution in [0.25, 0.3) is 0 Å². The number of piperidine rings is 1. The summed E-state index contributed by atoms with van der Waals surface area (Å²) < 4.78 is 0. The fraction of sp³-hybridized carbons (Fsp3) is 0.450. The first kappa shape index (κ1) is 21.1. The second-order valence-corrected chi connectivity index (χ2v) is 9.09. The third-order valence-electron chi connectivity index (χ3n) is 4.83. The van der Waals surface area contributed by atoms with E-state index in [0.29, 0.717) is 27.9 Å². The van der Waals surface area contributed by atoms with Crippen LogP contribution < -0.4 is 27.2 Å². The highest BCUT2D eigenvalue weighted by molar-refractivity contribution is 6.33. The molecule has 0 atom stereocenters. The maximum Gasteiger partial charge on any atom is 0.271 e. The maximum absolute atomic E-state index is 12.3. The summed E-state index contributed by atoms with van der Waals surface area (Å²) in [6, 6.07) is 6.99. The van der Waals surface area contributed by atoms with Crippen molar-refractivity contribution in [2.75, 3.05) is 16.5 Å². The van der Waals surface area contributed by atoms with Crippen LogP contribution in [0.2, 0.25) is 5.02 Å². The number of rotatable bonds is 5. The lowest BCUT2D eigenvalue weighted by molar-refractivity contribution is 0.0962. The lowest BCUT2D eigenvalue weighted by atomic mass is 9.79. The molecule has 9 heteroatoms. The van der Waals surface area contributed by atoms with E-state index < -0.39 is 0 Å². The van der Waals surface area contributed by atoms with Gasteiger partial charge in [0.1, 0.15) is 12.0 Å². The Balaban J connectivity index is 1.70. The molecule has 0 bridgehead atoms. The number of anilines is 3. The Labute approximate surface area is 176 Å². The number of benzene rings is 1. The summed E-state index contributed by atoms with van der Waals surface area (Å²) in [5, 5.41) is 7.45. The molecule has 2 heterocycles. The Morgan fingerprint density at radius 2 is 1.76 bits per heavy atom. The summed E-state index contributed by atoms with van der Waals surface area (Å²) in [5.74, 6) is 0.466. The summed E-state index contributed by atoms with van der Waals surface area (Å²) in [4.78, 5) is 20.7. The molecule has 1 aliphatic rings. The first-order valence-corrected chi connectivity index (χ1v) is 9.91. The van der Waals surface area contributed by atoms with Gasteiger partial charge in [-0.1, -0.05) is 23.7 Å². The van der Waals surface area contributed by atoms with Gasteiger partial charge in [-0.15, -0.1) is 0 Å². The third-order valence-corrected chi connectivity index (χ3v) is 5.16. The van der Waals surface area contributed by atoms with Gasteiger partial charge in [0.05, 0.1) is 10.6 Å².